The lowest BCUT2D eigenvalue weighted by Crippen LogP contribution is -2.23. The second-order valence-corrected chi connectivity index (χ2v) is 7.22. The molecule has 0 atom stereocenters. The van der Waals surface area contributed by atoms with Crippen LogP contribution in [0.5, 0.6) is 0 Å². The Morgan fingerprint density at radius 2 is 1.96 bits per heavy atom. The summed E-state index contributed by atoms with van der Waals surface area (Å²) in [5.74, 6) is 0.129. The number of Topliss-reactive ketones (excluding diaryl/α,β-unsaturated/α-hetero) is 1. The second kappa shape index (κ2) is 6.49. The zero-order chi connectivity index (χ0) is 16.5. The van der Waals surface area contributed by atoms with E-state index in [1.165, 1.54) is 11.3 Å². The highest BCUT2D eigenvalue weighted by molar-refractivity contribution is 7.18. The number of carbonyl (C=O) groups is 2. The highest BCUT2D eigenvalue weighted by Gasteiger charge is 2.32. The van der Waals surface area contributed by atoms with Gasteiger partial charge < -0.3 is 14.5 Å². The number of thiazole rings is 1. The van der Waals surface area contributed by atoms with Crippen molar-refractivity contribution in [3.8, 4) is 11.3 Å². The average Bonchev–Trinajstić information content (AvgIpc) is 3.16. The van der Waals surface area contributed by atoms with Crippen LogP contribution in [0, 0.1) is 11.8 Å². The highest BCUT2D eigenvalue weighted by Crippen LogP contribution is 2.36. The lowest BCUT2D eigenvalue weighted by Gasteiger charge is -2.20. The minimum Gasteiger partial charge on any atom is -0.472 e. The van der Waals surface area contributed by atoms with E-state index >= 15 is 0 Å². The molecule has 7 heteroatoms. The number of ether oxygens (including phenoxy) is 1. The van der Waals surface area contributed by atoms with Crippen LogP contribution in [0.25, 0.3) is 11.3 Å². The van der Waals surface area contributed by atoms with E-state index in [2.05, 4.69) is 10.3 Å². The first kappa shape index (κ1) is 15.5. The van der Waals surface area contributed by atoms with E-state index in [4.69, 9.17) is 9.15 Å². The van der Waals surface area contributed by atoms with E-state index in [0.29, 0.717) is 28.9 Å². The number of ketones is 1. The Labute approximate surface area is 143 Å². The first-order valence-electron chi connectivity index (χ1n) is 8.18. The summed E-state index contributed by atoms with van der Waals surface area (Å²) in [4.78, 5) is 30.0. The van der Waals surface area contributed by atoms with E-state index in [1.54, 1.807) is 18.6 Å². The molecule has 1 saturated carbocycles. The van der Waals surface area contributed by atoms with Crippen LogP contribution in [0.4, 0.5) is 5.13 Å². The number of nitrogens with zero attached hydrogens (tertiary/aromatic N) is 1. The molecule has 2 aromatic rings. The molecule has 126 valence electrons. The number of amides is 1. The maximum absolute atomic E-state index is 12.9. The summed E-state index contributed by atoms with van der Waals surface area (Å²) in [7, 11) is 0. The fourth-order valence-electron chi connectivity index (χ4n) is 2.83. The van der Waals surface area contributed by atoms with Crippen LogP contribution in [-0.2, 0) is 9.53 Å². The van der Waals surface area contributed by atoms with E-state index in [-0.39, 0.29) is 23.5 Å². The van der Waals surface area contributed by atoms with Gasteiger partial charge >= 0.3 is 0 Å². The van der Waals surface area contributed by atoms with Gasteiger partial charge in [0.25, 0.3) is 0 Å². The molecule has 0 radical (unpaired) electrons. The third-order valence-electron chi connectivity index (χ3n) is 4.42. The summed E-state index contributed by atoms with van der Waals surface area (Å²) >= 11 is 1.26. The maximum Gasteiger partial charge on any atom is 0.229 e. The standard InChI is InChI=1S/C17H18N2O4S/c20-14(10-3-6-22-7-4-10)15-13(12-5-8-23-9-12)18-17(24-15)19-16(21)11-1-2-11/h5,8-11H,1-4,6-7H2,(H,18,19,21). The Balaban J connectivity index is 1.63. The molecule has 1 aliphatic heterocycles. The Kier molecular flexibility index (Phi) is 4.20. The van der Waals surface area contributed by atoms with Gasteiger partial charge in [-0.2, -0.15) is 0 Å². The lowest BCUT2D eigenvalue weighted by molar-refractivity contribution is -0.117. The van der Waals surface area contributed by atoms with Crippen molar-refractivity contribution in [2.24, 2.45) is 11.8 Å². The van der Waals surface area contributed by atoms with Crippen LogP contribution in [0.15, 0.2) is 23.0 Å². The highest BCUT2D eigenvalue weighted by atomic mass is 32.1. The van der Waals surface area contributed by atoms with Crippen LogP contribution < -0.4 is 5.32 Å². The normalized spacial score (nSPS) is 18.5. The van der Waals surface area contributed by atoms with E-state index in [0.717, 1.165) is 31.2 Å². The topological polar surface area (TPSA) is 81.4 Å². The molecular weight excluding hydrogens is 328 g/mol. The van der Waals surface area contributed by atoms with Gasteiger partial charge in [0, 0.05) is 30.6 Å². The third kappa shape index (κ3) is 3.14. The number of anilines is 1. The molecule has 0 spiro atoms. The van der Waals surface area contributed by atoms with Crippen molar-refractivity contribution in [2.75, 3.05) is 18.5 Å². The lowest BCUT2D eigenvalue weighted by atomic mass is 9.93. The minimum absolute atomic E-state index is 0.00689. The molecule has 0 unspecified atom stereocenters. The molecule has 0 aromatic carbocycles. The predicted molar refractivity (Wildman–Crippen MR) is 89.0 cm³/mol. The number of hydrogen-bond donors (Lipinski definition) is 1. The summed E-state index contributed by atoms with van der Waals surface area (Å²) in [5.41, 5.74) is 1.35. The predicted octanol–water partition coefficient (Wildman–Crippen LogP) is 3.36. The minimum atomic E-state index is -0.0446. The fourth-order valence-corrected chi connectivity index (χ4v) is 3.84. The quantitative estimate of drug-likeness (QED) is 0.840. The molecule has 24 heavy (non-hydrogen) atoms. The molecule has 2 aromatic heterocycles. The molecule has 1 amide bonds. The second-order valence-electron chi connectivity index (χ2n) is 6.22. The van der Waals surface area contributed by atoms with Crippen molar-refractivity contribution in [3.05, 3.63) is 23.5 Å². The van der Waals surface area contributed by atoms with E-state index in [9.17, 15) is 9.59 Å². The Morgan fingerprint density at radius 3 is 2.62 bits per heavy atom. The van der Waals surface area contributed by atoms with Gasteiger partial charge in [-0.25, -0.2) is 4.98 Å². The maximum atomic E-state index is 12.9. The van der Waals surface area contributed by atoms with Crippen LogP contribution in [-0.4, -0.2) is 29.9 Å². The van der Waals surface area contributed by atoms with Crippen molar-refractivity contribution in [3.63, 3.8) is 0 Å². The van der Waals surface area contributed by atoms with Crippen molar-refractivity contribution in [2.45, 2.75) is 25.7 Å². The van der Waals surface area contributed by atoms with Crippen LogP contribution >= 0.6 is 11.3 Å². The van der Waals surface area contributed by atoms with Crippen molar-refractivity contribution < 1.29 is 18.7 Å². The average molecular weight is 346 g/mol. The van der Waals surface area contributed by atoms with Crippen LogP contribution in [0.1, 0.15) is 35.4 Å². The van der Waals surface area contributed by atoms with Crippen LogP contribution in [0.2, 0.25) is 0 Å². The molecule has 2 aliphatic rings. The van der Waals surface area contributed by atoms with Gasteiger partial charge in [0.15, 0.2) is 10.9 Å². The zero-order valence-corrected chi connectivity index (χ0v) is 13.9. The van der Waals surface area contributed by atoms with Gasteiger partial charge in [-0.3, -0.25) is 9.59 Å². The number of furan rings is 1. The SMILES string of the molecule is O=C(Nc1nc(-c2ccoc2)c(C(=O)C2CCOCC2)s1)C1CC1. The van der Waals surface area contributed by atoms with Gasteiger partial charge in [0.2, 0.25) is 5.91 Å². The summed E-state index contributed by atoms with van der Waals surface area (Å²) < 4.78 is 10.5. The van der Waals surface area contributed by atoms with Crippen molar-refractivity contribution in [1.29, 1.82) is 0 Å². The molecule has 1 saturated heterocycles. The number of aromatic nitrogens is 1. The first-order valence-corrected chi connectivity index (χ1v) is 9.00. The monoisotopic (exact) mass is 346 g/mol. The van der Waals surface area contributed by atoms with Crippen LogP contribution in [0.3, 0.4) is 0 Å². The van der Waals surface area contributed by atoms with E-state index < -0.39 is 0 Å². The van der Waals surface area contributed by atoms with Gasteiger partial charge in [0.1, 0.15) is 4.88 Å². The molecule has 4 rings (SSSR count). The Hall–Kier alpha value is -1.99. The fraction of sp³-hybridized carbons (Fsp3) is 0.471. The first-order chi connectivity index (χ1) is 11.7. The van der Waals surface area contributed by atoms with Crippen molar-refractivity contribution >= 4 is 28.2 Å². The smallest absolute Gasteiger partial charge is 0.229 e. The largest absolute Gasteiger partial charge is 0.472 e. The molecule has 2 fully saturated rings. The zero-order valence-electron chi connectivity index (χ0n) is 13.1. The van der Waals surface area contributed by atoms with Gasteiger partial charge in [-0.05, 0) is 31.7 Å². The number of carbonyl (C=O) groups excluding carboxylic acids is 2. The molecule has 3 heterocycles. The summed E-state index contributed by atoms with van der Waals surface area (Å²) in [6, 6.07) is 1.78. The molecule has 6 nitrogen and oxygen atoms in total. The number of rotatable bonds is 5. The molecule has 1 N–H and O–H groups in total. The summed E-state index contributed by atoms with van der Waals surface area (Å²) in [6.45, 7) is 1.23. The molecular formula is C17H18N2O4S. The summed E-state index contributed by atoms with van der Waals surface area (Å²) in [5, 5.41) is 3.33. The van der Waals surface area contributed by atoms with Gasteiger partial charge in [-0.1, -0.05) is 11.3 Å². The van der Waals surface area contributed by atoms with Gasteiger partial charge in [0.05, 0.1) is 18.2 Å². The summed E-state index contributed by atoms with van der Waals surface area (Å²) in [6.07, 6.45) is 6.44. The van der Waals surface area contributed by atoms with E-state index in [1.807, 2.05) is 0 Å². The Morgan fingerprint density at radius 1 is 1.17 bits per heavy atom. The van der Waals surface area contributed by atoms with Gasteiger partial charge in [-0.15, -0.1) is 0 Å². The molecule has 1 aliphatic carbocycles. The number of nitrogens with one attached hydrogen (secondary N) is 1. The van der Waals surface area contributed by atoms with Crippen molar-refractivity contribution in [1.82, 2.24) is 4.98 Å². The Bertz CT molecular complexity index is 743. The third-order valence-corrected chi connectivity index (χ3v) is 5.40. The number of hydrogen-bond acceptors (Lipinski definition) is 6. The molecule has 0 bridgehead atoms.